The summed E-state index contributed by atoms with van der Waals surface area (Å²) < 4.78 is 19.4. The van der Waals surface area contributed by atoms with Crippen LogP contribution in [0.4, 0.5) is 0 Å². The van der Waals surface area contributed by atoms with E-state index in [-0.39, 0.29) is 30.5 Å². The van der Waals surface area contributed by atoms with E-state index in [4.69, 9.17) is 29.2 Å². The molecule has 4 aromatic heterocycles. The first-order chi connectivity index (χ1) is 24.7. The minimum Gasteiger partial charge on any atom is -0.369 e. The fraction of sp³-hybridized carbons (Fsp3) is 0.409. The van der Waals surface area contributed by atoms with Gasteiger partial charge in [-0.15, -0.1) is 0 Å². The van der Waals surface area contributed by atoms with Crippen molar-refractivity contribution in [1.82, 2.24) is 19.9 Å². The number of rotatable bonds is 14. The van der Waals surface area contributed by atoms with E-state index >= 15 is 0 Å². The van der Waals surface area contributed by atoms with Gasteiger partial charge in [0.25, 0.3) is 0 Å². The van der Waals surface area contributed by atoms with Crippen LogP contribution in [0.1, 0.15) is 120 Å². The highest BCUT2D eigenvalue weighted by atomic mass is 16.5. The molecule has 0 amide bonds. The van der Waals surface area contributed by atoms with Crippen LogP contribution in [0.2, 0.25) is 0 Å². The third kappa shape index (κ3) is 9.53. The van der Waals surface area contributed by atoms with Gasteiger partial charge in [-0.25, -0.2) is 9.97 Å². The average Bonchev–Trinajstić information content (AvgIpc) is 3.16. The molecule has 7 nitrogen and oxygen atoms in total. The second-order valence-electron chi connectivity index (χ2n) is 14.4. The molecule has 0 bridgehead atoms. The Morgan fingerprint density at radius 3 is 1.69 bits per heavy atom. The molecule has 3 unspecified atom stereocenters. The van der Waals surface area contributed by atoms with Gasteiger partial charge >= 0.3 is 0 Å². The molecule has 6 rings (SSSR count). The number of nitrogens with zero attached hydrogens (tertiary/aromatic N) is 4. The van der Waals surface area contributed by atoms with Crippen molar-refractivity contribution in [2.75, 3.05) is 0 Å². The number of pyridine rings is 4. The maximum Gasteiger partial charge on any atom is 0.142 e. The zero-order valence-corrected chi connectivity index (χ0v) is 30.9. The lowest BCUT2D eigenvalue weighted by Crippen LogP contribution is -2.23. The molecular weight excluding hydrogens is 633 g/mol. The highest BCUT2D eigenvalue weighted by Gasteiger charge is 2.28. The fourth-order valence-corrected chi connectivity index (χ4v) is 6.95. The Kier molecular flexibility index (Phi) is 12.4. The number of hydrogen-bond donors (Lipinski definition) is 0. The summed E-state index contributed by atoms with van der Waals surface area (Å²) in [5, 5.41) is 0. The summed E-state index contributed by atoms with van der Waals surface area (Å²) in [7, 11) is 0. The van der Waals surface area contributed by atoms with Crippen molar-refractivity contribution in [2.45, 2.75) is 110 Å². The van der Waals surface area contributed by atoms with Crippen molar-refractivity contribution in [1.29, 1.82) is 0 Å². The van der Waals surface area contributed by atoms with Crippen molar-refractivity contribution in [3.63, 3.8) is 0 Å². The minimum absolute atomic E-state index is 0.000628. The van der Waals surface area contributed by atoms with Crippen molar-refractivity contribution in [2.24, 2.45) is 5.92 Å². The third-order valence-corrected chi connectivity index (χ3v) is 9.16. The van der Waals surface area contributed by atoms with Crippen LogP contribution in [0.5, 0.6) is 0 Å². The lowest BCUT2D eigenvalue weighted by atomic mass is 9.83. The molecular formula is C44H52N4O3. The lowest BCUT2D eigenvalue weighted by molar-refractivity contribution is -0.0399. The Labute approximate surface area is 303 Å². The predicted octanol–water partition coefficient (Wildman–Crippen LogP) is 10.7. The van der Waals surface area contributed by atoms with Gasteiger partial charge < -0.3 is 14.2 Å². The highest BCUT2D eigenvalue weighted by Crippen LogP contribution is 2.38. The molecule has 1 saturated carbocycles. The number of ether oxygens (including phenoxy) is 3. The summed E-state index contributed by atoms with van der Waals surface area (Å²) in [6, 6.07) is 32.7. The van der Waals surface area contributed by atoms with Gasteiger partial charge in [-0.05, 0) is 120 Å². The van der Waals surface area contributed by atoms with Crippen molar-refractivity contribution < 1.29 is 14.2 Å². The largest absolute Gasteiger partial charge is 0.369 e. The van der Waals surface area contributed by atoms with Gasteiger partial charge in [0.15, 0.2) is 0 Å². The van der Waals surface area contributed by atoms with Gasteiger partial charge in [0.2, 0.25) is 0 Å². The van der Waals surface area contributed by atoms with Crippen LogP contribution in [0.3, 0.4) is 0 Å². The predicted molar refractivity (Wildman–Crippen MR) is 203 cm³/mol. The summed E-state index contributed by atoms with van der Waals surface area (Å²) in [5.74, 6) is 0.496. The van der Waals surface area contributed by atoms with Crippen LogP contribution in [-0.2, 0) is 14.2 Å². The normalized spacial score (nSPS) is 15.7. The van der Waals surface area contributed by atoms with Gasteiger partial charge in [0.1, 0.15) is 18.3 Å². The van der Waals surface area contributed by atoms with Gasteiger partial charge in [0, 0.05) is 11.8 Å². The molecule has 0 radical (unpaired) electrons. The topological polar surface area (TPSA) is 79.2 Å². The molecule has 3 atom stereocenters. The van der Waals surface area contributed by atoms with Gasteiger partial charge in [-0.3, -0.25) is 9.97 Å². The maximum absolute atomic E-state index is 6.60. The van der Waals surface area contributed by atoms with Crippen molar-refractivity contribution >= 4 is 0 Å². The number of aromatic nitrogens is 4. The molecule has 1 aromatic carbocycles. The molecule has 0 saturated heterocycles. The highest BCUT2D eigenvalue weighted by molar-refractivity contribution is 5.61. The Morgan fingerprint density at radius 2 is 1.06 bits per heavy atom. The van der Waals surface area contributed by atoms with E-state index in [9.17, 15) is 0 Å². The second-order valence-corrected chi connectivity index (χ2v) is 14.4. The van der Waals surface area contributed by atoms with E-state index in [0.717, 1.165) is 51.0 Å². The first kappa shape index (κ1) is 36.5. The third-order valence-electron chi connectivity index (χ3n) is 9.16. The number of benzene rings is 1. The van der Waals surface area contributed by atoms with E-state index in [1.807, 2.05) is 68.4 Å². The zero-order valence-electron chi connectivity index (χ0n) is 30.9. The lowest BCUT2D eigenvalue weighted by Gasteiger charge is -2.31. The standard InChI is InChI=1S/C44H52N4O3/c1-29(2)49-42(32-16-8-7-9-17-32)39-24-13-21-35(46-39)33-18-12-19-34(28-33)43(50-30(3)4)40-25-14-22-36(47-40)37-23-15-26-41(48-37)44(51-31(5)6)38-20-10-11-27-45-38/h10-15,18-32,42-44H,7-9,16-17H2,1-6H3. The van der Waals surface area contributed by atoms with Crippen LogP contribution in [0, 0.1) is 5.92 Å². The van der Waals surface area contributed by atoms with Gasteiger partial charge in [-0.2, -0.15) is 0 Å². The second kappa shape index (κ2) is 17.3. The summed E-state index contributed by atoms with van der Waals surface area (Å²) in [4.78, 5) is 20.0. The summed E-state index contributed by atoms with van der Waals surface area (Å²) in [6.07, 6.45) is 7.33. The van der Waals surface area contributed by atoms with E-state index in [2.05, 4.69) is 75.1 Å². The summed E-state index contributed by atoms with van der Waals surface area (Å²) >= 11 is 0. The molecule has 266 valence electrons. The Balaban J connectivity index is 1.32. The molecule has 1 aliphatic carbocycles. The molecule has 51 heavy (non-hydrogen) atoms. The van der Waals surface area contributed by atoms with Gasteiger partial charge in [-0.1, -0.05) is 61.7 Å². The smallest absolute Gasteiger partial charge is 0.142 e. The van der Waals surface area contributed by atoms with Crippen molar-refractivity contribution in [3.8, 4) is 22.6 Å². The molecule has 5 aromatic rings. The molecule has 0 aliphatic heterocycles. The van der Waals surface area contributed by atoms with E-state index in [1.54, 1.807) is 6.20 Å². The SMILES string of the molecule is CC(C)OC(c1cccc(-c2cccc(C(OC(C)C)C3CCCCC3)n2)c1)c1cccc(-c2cccc(C(OC(C)C)c3ccccn3)n2)n1. The van der Waals surface area contributed by atoms with Crippen LogP contribution in [0.25, 0.3) is 22.6 Å². The van der Waals surface area contributed by atoms with Crippen molar-refractivity contribution in [3.05, 3.63) is 132 Å². The molecule has 0 N–H and O–H groups in total. The zero-order chi connectivity index (χ0) is 35.7. The maximum atomic E-state index is 6.60. The Hall–Kier alpha value is -4.30. The Morgan fingerprint density at radius 1 is 0.510 bits per heavy atom. The van der Waals surface area contributed by atoms with Crippen LogP contribution < -0.4 is 0 Å². The minimum atomic E-state index is -0.393. The van der Waals surface area contributed by atoms with Crippen LogP contribution >= 0.6 is 0 Å². The quantitative estimate of drug-likeness (QED) is 0.115. The monoisotopic (exact) mass is 684 g/mol. The Bertz CT molecular complexity index is 1840. The fourth-order valence-electron chi connectivity index (χ4n) is 6.95. The molecule has 0 spiro atoms. The van der Waals surface area contributed by atoms with E-state index in [0.29, 0.717) is 5.92 Å². The molecule has 1 aliphatic rings. The summed E-state index contributed by atoms with van der Waals surface area (Å²) in [5.41, 5.74) is 7.94. The average molecular weight is 685 g/mol. The first-order valence-electron chi connectivity index (χ1n) is 18.6. The number of hydrogen-bond acceptors (Lipinski definition) is 7. The summed E-state index contributed by atoms with van der Waals surface area (Å²) in [6.45, 7) is 12.4. The van der Waals surface area contributed by atoms with Crippen LogP contribution in [0.15, 0.2) is 103 Å². The first-order valence-corrected chi connectivity index (χ1v) is 18.6. The van der Waals surface area contributed by atoms with Crippen LogP contribution in [-0.4, -0.2) is 38.2 Å². The van der Waals surface area contributed by atoms with E-state index in [1.165, 1.54) is 32.1 Å². The van der Waals surface area contributed by atoms with Gasteiger partial charge in [0.05, 0.1) is 58.2 Å². The molecule has 7 heteroatoms. The molecule has 1 fully saturated rings. The van der Waals surface area contributed by atoms with E-state index < -0.39 is 6.10 Å². The molecule has 4 heterocycles.